The van der Waals surface area contributed by atoms with E-state index < -0.39 is 0 Å². The normalized spacial score (nSPS) is 23.0. The lowest BCUT2D eigenvalue weighted by molar-refractivity contribution is -0.142. The van der Waals surface area contributed by atoms with Gasteiger partial charge in [0.2, 0.25) is 0 Å². The summed E-state index contributed by atoms with van der Waals surface area (Å²) in [7, 11) is 0. The van der Waals surface area contributed by atoms with Crippen LogP contribution in [0.2, 0.25) is 0 Å². The molecule has 2 heteroatoms. The Labute approximate surface area is 74.3 Å². The molecule has 2 nitrogen and oxygen atoms in total. The molecule has 0 unspecified atom stereocenters. The molecule has 0 N–H and O–H groups in total. The molecule has 1 fully saturated rings. The predicted octanol–water partition coefficient (Wildman–Crippen LogP) is 2.52. The third kappa shape index (κ3) is 1.99. The molecule has 1 rings (SSSR count). The second-order valence-electron chi connectivity index (χ2n) is 3.68. The van der Waals surface area contributed by atoms with Crippen molar-refractivity contribution in [2.45, 2.75) is 46.0 Å². The lowest BCUT2D eigenvalue weighted by atomic mass is 9.76. The Morgan fingerprint density at radius 2 is 2.00 bits per heavy atom. The molecule has 0 radical (unpaired) electrons. The Kier molecular flexibility index (Phi) is 3.12. The van der Waals surface area contributed by atoms with E-state index in [0.717, 1.165) is 12.8 Å². The minimum Gasteiger partial charge on any atom is -0.466 e. The van der Waals surface area contributed by atoms with Crippen molar-refractivity contribution in [2.75, 3.05) is 6.61 Å². The molecule has 0 spiro atoms. The van der Waals surface area contributed by atoms with Crippen LogP contribution in [-0.4, -0.2) is 12.6 Å². The second-order valence-corrected chi connectivity index (χ2v) is 3.68. The summed E-state index contributed by atoms with van der Waals surface area (Å²) >= 11 is 0. The first-order chi connectivity index (χ1) is 5.72. The Bertz CT molecular complexity index is 159. The van der Waals surface area contributed by atoms with Gasteiger partial charge in [0.25, 0.3) is 0 Å². The van der Waals surface area contributed by atoms with E-state index in [1.807, 2.05) is 0 Å². The minimum absolute atomic E-state index is 0.0150. The molecule has 0 aromatic rings. The maximum Gasteiger partial charge on any atom is 0.305 e. The van der Waals surface area contributed by atoms with Gasteiger partial charge in [0, 0.05) is 6.42 Å². The van der Waals surface area contributed by atoms with E-state index in [-0.39, 0.29) is 5.97 Å². The van der Waals surface area contributed by atoms with E-state index in [2.05, 4.69) is 13.8 Å². The van der Waals surface area contributed by atoms with Gasteiger partial charge in [0.15, 0.2) is 0 Å². The Morgan fingerprint density at radius 1 is 1.33 bits per heavy atom. The second kappa shape index (κ2) is 3.92. The summed E-state index contributed by atoms with van der Waals surface area (Å²) < 4.78 is 5.02. The molecule has 1 aliphatic heterocycles. The molecule has 0 aromatic heterocycles. The first-order valence-corrected chi connectivity index (χ1v) is 4.88. The van der Waals surface area contributed by atoms with Crippen LogP contribution in [0.15, 0.2) is 0 Å². The van der Waals surface area contributed by atoms with Crippen molar-refractivity contribution in [1.29, 1.82) is 0 Å². The molecule has 70 valence electrons. The first kappa shape index (κ1) is 9.56. The van der Waals surface area contributed by atoms with Gasteiger partial charge in [0.1, 0.15) is 0 Å². The Balaban J connectivity index is 2.58. The van der Waals surface area contributed by atoms with Crippen LogP contribution in [0.5, 0.6) is 0 Å². The number of carbonyl (C=O) groups excluding carboxylic acids is 1. The number of carbonyl (C=O) groups is 1. The van der Waals surface area contributed by atoms with E-state index in [4.69, 9.17) is 4.74 Å². The van der Waals surface area contributed by atoms with Crippen molar-refractivity contribution in [1.82, 2.24) is 0 Å². The van der Waals surface area contributed by atoms with Crippen molar-refractivity contribution in [3.63, 3.8) is 0 Å². The third-order valence-electron chi connectivity index (χ3n) is 3.25. The van der Waals surface area contributed by atoms with Gasteiger partial charge in [-0.1, -0.05) is 26.7 Å². The number of rotatable bonds is 2. The molecule has 1 saturated heterocycles. The molecule has 0 amide bonds. The zero-order valence-electron chi connectivity index (χ0n) is 8.06. The van der Waals surface area contributed by atoms with Gasteiger partial charge < -0.3 is 4.74 Å². The predicted molar refractivity (Wildman–Crippen MR) is 47.8 cm³/mol. The van der Waals surface area contributed by atoms with E-state index in [1.165, 1.54) is 12.8 Å². The topological polar surface area (TPSA) is 26.3 Å². The van der Waals surface area contributed by atoms with Gasteiger partial charge in [-0.25, -0.2) is 0 Å². The summed E-state index contributed by atoms with van der Waals surface area (Å²) in [6.45, 7) is 5.04. The van der Waals surface area contributed by atoms with Gasteiger partial charge in [-0.3, -0.25) is 4.79 Å². The number of hydrogen-bond donors (Lipinski definition) is 0. The molecule has 0 saturated carbocycles. The molecule has 1 heterocycles. The lowest BCUT2D eigenvalue weighted by Crippen LogP contribution is -2.18. The van der Waals surface area contributed by atoms with Crippen molar-refractivity contribution < 1.29 is 9.53 Å². The van der Waals surface area contributed by atoms with E-state index in [1.54, 1.807) is 0 Å². The van der Waals surface area contributed by atoms with Crippen LogP contribution >= 0.6 is 0 Å². The quantitative estimate of drug-likeness (QED) is 0.595. The average molecular weight is 170 g/mol. The smallest absolute Gasteiger partial charge is 0.305 e. The van der Waals surface area contributed by atoms with Crippen LogP contribution in [0.25, 0.3) is 0 Å². The van der Waals surface area contributed by atoms with Crippen molar-refractivity contribution >= 4 is 5.97 Å². The SMILES string of the molecule is CCC1(CC)CCOC(=O)CC1. The highest BCUT2D eigenvalue weighted by Crippen LogP contribution is 2.37. The van der Waals surface area contributed by atoms with Crippen LogP contribution in [0.3, 0.4) is 0 Å². The molecule has 0 atom stereocenters. The highest BCUT2D eigenvalue weighted by molar-refractivity contribution is 5.69. The molecular weight excluding hydrogens is 152 g/mol. The Morgan fingerprint density at radius 3 is 2.58 bits per heavy atom. The van der Waals surface area contributed by atoms with E-state index in [0.29, 0.717) is 18.4 Å². The molecule has 12 heavy (non-hydrogen) atoms. The molecule has 0 aliphatic carbocycles. The fourth-order valence-corrected chi connectivity index (χ4v) is 1.90. The zero-order valence-corrected chi connectivity index (χ0v) is 8.06. The summed E-state index contributed by atoms with van der Waals surface area (Å²) in [5.41, 5.74) is 0.381. The zero-order chi connectivity index (χ0) is 9.03. The number of esters is 1. The first-order valence-electron chi connectivity index (χ1n) is 4.88. The van der Waals surface area contributed by atoms with Crippen LogP contribution in [0, 0.1) is 5.41 Å². The van der Waals surface area contributed by atoms with Crippen LogP contribution in [0.4, 0.5) is 0 Å². The van der Waals surface area contributed by atoms with Crippen molar-refractivity contribution in [3.05, 3.63) is 0 Å². The molecule has 1 aliphatic rings. The van der Waals surface area contributed by atoms with Gasteiger partial charge in [0.05, 0.1) is 6.61 Å². The fourth-order valence-electron chi connectivity index (χ4n) is 1.90. The highest BCUT2D eigenvalue weighted by atomic mass is 16.5. The number of cyclic esters (lactones) is 1. The maximum atomic E-state index is 11.0. The third-order valence-corrected chi connectivity index (χ3v) is 3.25. The summed E-state index contributed by atoms with van der Waals surface area (Å²) in [4.78, 5) is 11.0. The molecule has 0 bridgehead atoms. The monoisotopic (exact) mass is 170 g/mol. The number of ether oxygens (including phenoxy) is 1. The molecule has 0 aromatic carbocycles. The standard InChI is InChI=1S/C10H18O2/c1-3-10(4-2)6-5-9(11)12-8-7-10/h3-8H2,1-2H3. The largest absolute Gasteiger partial charge is 0.466 e. The van der Waals surface area contributed by atoms with E-state index >= 15 is 0 Å². The minimum atomic E-state index is -0.0150. The van der Waals surface area contributed by atoms with Gasteiger partial charge in [-0.15, -0.1) is 0 Å². The van der Waals surface area contributed by atoms with Crippen LogP contribution in [-0.2, 0) is 9.53 Å². The summed E-state index contributed by atoms with van der Waals surface area (Å²) in [5.74, 6) is -0.0150. The molecular formula is C10H18O2. The van der Waals surface area contributed by atoms with Crippen molar-refractivity contribution in [2.24, 2.45) is 5.41 Å². The van der Waals surface area contributed by atoms with Gasteiger partial charge in [-0.05, 0) is 18.3 Å². The van der Waals surface area contributed by atoms with Crippen LogP contribution < -0.4 is 0 Å². The average Bonchev–Trinajstić information content (AvgIpc) is 2.28. The maximum absolute atomic E-state index is 11.0. The summed E-state index contributed by atoms with van der Waals surface area (Å²) in [6, 6.07) is 0. The Hall–Kier alpha value is -0.530. The summed E-state index contributed by atoms with van der Waals surface area (Å²) in [5, 5.41) is 0. The fraction of sp³-hybridized carbons (Fsp3) is 0.900. The van der Waals surface area contributed by atoms with Crippen molar-refractivity contribution in [3.8, 4) is 0 Å². The number of hydrogen-bond acceptors (Lipinski definition) is 2. The van der Waals surface area contributed by atoms with E-state index in [9.17, 15) is 4.79 Å². The van der Waals surface area contributed by atoms with Crippen LogP contribution in [0.1, 0.15) is 46.0 Å². The van der Waals surface area contributed by atoms with Gasteiger partial charge >= 0.3 is 5.97 Å². The summed E-state index contributed by atoms with van der Waals surface area (Å²) in [6.07, 6.45) is 5.01. The van der Waals surface area contributed by atoms with Gasteiger partial charge in [-0.2, -0.15) is 0 Å². The lowest BCUT2D eigenvalue weighted by Gasteiger charge is -2.28. The highest BCUT2D eigenvalue weighted by Gasteiger charge is 2.29.